The number of imide groups is 1. The van der Waals surface area contributed by atoms with E-state index in [1.165, 1.54) is 11.6 Å². The molecule has 0 spiro atoms. The van der Waals surface area contributed by atoms with Gasteiger partial charge in [0.15, 0.2) is 0 Å². The fourth-order valence-electron chi connectivity index (χ4n) is 2.81. The summed E-state index contributed by atoms with van der Waals surface area (Å²) in [6, 6.07) is 15.2. The molecule has 1 heterocycles. The van der Waals surface area contributed by atoms with Crippen LogP contribution in [0.4, 0.5) is 5.69 Å². The molecular formula is C21H20N2O3. The van der Waals surface area contributed by atoms with Crippen LogP contribution in [-0.2, 0) is 20.8 Å². The maximum absolute atomic E-state index is 12.0. The number of nitrogens with one attached hydrogen (secondary N) is 2. The molecule has 0 aromatic heterocycles. The highest BCUT2D eigenvalue weighted by Gasteiger charge is 2.30. The van der Waals surface area contributed by atoms with Crippen LogP contribution in [0.25, 0.3) is 6.08 Å². The van der Waals surface area contributed by atoms with E-state index in [9.17, 15) is 14.4 Å². The van der Waals surface area contributed by atoms with Crippen molar-refractivity contribution >= 4 is 29.5 Å². The predicted molar refractivity (Wildman–Crippen MR) is 100 cm³/mol. The van der Waals surface area contributed by atoms with E-state index in [0.29, 0.717) is 12.1 Å². The lowest BCUT2D eigenvalue weighted by Crippen LogP contribution is -2.22. The summed E-state index contributed by atoms with van der Waals surface area (Å²) in [5.74, 6) is -0.947. The molecular weight excluding hydrogens is 328 g/mol. The van der Waals surface area contributed by atoms with Crippen LogP contribution in [0.1, 0.15) is 23.1 Å². The average molecular weight is 348 g/mol. The summed E-state index contributed by atoms with van der Waals surface area (Å²) < 4.78 is 0. The smallest absolute Gasteiger partial charge is 0.248 e. The molecule has 2 N–H and O–H groups in total. The van der Waals surface area contributed by atoms with E-state index in [4.69, 9.17) is 0 Å². The highest BCUT2D eigenvalue weighted by Crippen LogP contribution is 2.19. The van der Waals surface area contributed by atoms with Gasteiger partial charge >= 0.3 is 0 Å². The van der Waals surface area contributed by atoms with Crippen molar-refractivity contribution in [3.05, 3.63) is 71.3 Å². The van der Waals surface area contributed by atoms with Gasteiger partial charge in [0.25, 0.3) is 0 Å². The van der Waals surface area contributed by atoms with Crippen molar-refractivity contribution in [3.63, 3.8) is 0 Å². The van der Waals surface area contributed by atoms with Gasteiger partial charge < -0.3 is 5.32 Å². The number of carbonyl (C=O) groups is 3. The molecule has 3 rings (SSSR count). The van der Waals surface area contributed by atoms with Crippen molar-refractivity contribution < 1.29 is 14.4 Å². The van der Waals surface area contributed by atoms with Gasteiger partial charge in [-0.15, -0.1) is 0 Å². The maximum atomic E-state index is 12.0. The zero-order valence-electron chi connectivity index (χ0n) is 14.5. The second-order valence-electron chi connectivity index (χ2n) is 6.45. The van der Waals surface area contributed by atoms with Crippen LogP contribution >= 0.6 is 0 Å². The summed E-state index contributed by atoms with van der Waals surface area (Å²) in [7, 11) is 0. The molecule has 1 aliphatic heterocycles. The summed E-state index contributed by atoms with van der Waals surface area (Å²) >= 11 is 0. The van der Waals surface area contributed by atoms with Crippen LogP contribution < -0.4 is 10.6 Å². The van der Waals surface area contributed by atoms with Crippen molar-refractivity contribution in [2.24, 2.45) is 5.92 Å². The number of anilines is 1. The van der Waals surface area contributed by atoms with Gasteiger partial charge in [0.1, 0.15) is 0 Å². The maximum Gasteiger partial charge on any atom is 0.248 e. The third-order valence-corrected chi connectivity index (χ3v) is 4.27. The first kappa shape index (κ1) is 17.6. The predicted octanol–water partition coefficient (Wildman–Crippen LogP) is 2.85. The molecule has 5 heteroatoms. The van der Waals surface area contributed by atoms with Crippen molar-refractivity contribution in [2.45, 2.75) is 19.8 Å². The molecule has 26 heavy (non-hydrogen) atoms. The van der Waals surface area contributed by atoms with E-state index < -0.39 is 0 Å². The SMILES string of the molecule is Cc1ccc(C=CC(=O)Nc2ccc(CC3CC(=O)NC3=O)cc2)cc1. The Bertz CT molecular complexity index is 852. The lowest BCUT2D eigenvalue weighted by molar-refractivity contribution is -0.125. The van der Waals surface area contributed by atoms with E-state index >= 15 is 0 Å². The monoisotopic (exact) mass is 348 g/mol. The Morgan fingerprint density at radius 2 is 1.81 bits per heavy atom. The first-order valence-electron chi connectivity index (χ1n) is 8.48. The minimum atomic E-state index is -0.305. The second kappa shape index (κ2) is 7.78. The molecule has 1 saturated heterocycles. The molecule has 1 unspecified atom stereocenters. The van der Waals surface area contributed by atoms with Gasteiger partial charge in [0.05, 0.1) is 5.92 Å². The number of hydrogen-bond donors (Lipinski definition) is 2. The molecule has 1 fully saturated rings. The number of hydrogen-bond acceptors (Lipinski definition) is 3. The van der Waals surface area contributed by atoms with Gasteiger partial charge in [-0.05, 0) is 42.7 Å². The van der Waals surface area contributed by atoms with Gasteiger partial charge in [-0.3, -0.25) is 19.7 Å². The quantitative estimate of drug-likeness (QED) is 0.644. The third kappa shape index (κ3) is 4.66. The minimum absolute atomic E-state index is 0.209. The van der Waals surface area contributed by atoms with E-state index in [0.717, 1.165) is 11.1 Å². The number of benzene rings is 2. The van der Waals surface area contributed by atoms with E-state index in [1.807, 2.05) is 43.3 Å². The Morgan fingerprint density at radius 1 is 1.12 bits per heavy atom. The van der Waals surface area contributed by atoms with Gasteiger partial charge in [-0.1, -0.05) is 42.0 Å². The zero-order valence-corrected chi connectivity index (χ0v) is 14.5. The van der Waals surface area contributed by atoms with Crippen LogP contribution in [0.3, 0.4) is 0 Å². The highest BCUT2D eigenvalue weighted by atomic mass is 16.2. The number of carbonyl (C=O) groups excluding carboxylic acids is 3. The van der Waals surface area contributed by atoms with Gasteiger partial charge in [0, 0.05) is 18.2 Å². The fraction of sp³-hybridized carbons (Fsp3) is 0.190. The Morgan fingerprint density at radius 3 is 2.42 bits per heavy atom. The van der Waals surface area contributed by atoms with Crippen molar-refractivity contribution in [2.75, 3.05) is 5.32 Å². The van der Waals surface area contributed by atoms with Crippen LogP contribution in [-0.4, -0.2) is 17.7 Å². The topological polar surface area (TPSA) is 75.3 Å². The largest absolute Gasteiger partial charge is 0.323 e. The standard InChI is InChI=1S/C21H20N2O3/c1-14-2-4-15(5-3-14)8-11-19(24)22-18-9-6-16(7-10-18)12-17-13-20(25)23-21(17)26/h2-11,17H,12-13H2,1H3,(H,22,24)(H,23,25,26). The molecule has 1 aliphatic rings. The number of rotatable bonds is 5. The molecule has 3 amide bonds. The Balaban J connectivity index is 1.55. The summed E-state index contributed by atoms with van der Waals surface area (Å²) in [6.07, 6.45) is 4.01. The van der Waals surface area contributed by atoms with Crippen molar-refractivity contribution in [1.82, 2.24) is 5.32 Å². The lowest BCUT2D eigenvalue weighted by atomic mass is 9.98. The van der Waals surface area contributed by atoms with Crippen LogP contribution in [0.2, 0.25) is 0 Å². The van der Waals surface area contributed by atoms with Gasteiger partial charge in [-0.2, -0.15) is 0 Å². The summed E-state index contributed by atoms with van der Waals surface area (Å²) in [4.78, 5) is 34.8. The minimum Gasteiger partial charge on any atom is -0.323 e. The highest BCUT2D eigenvalue weighted by molar-refractivity contribution is 6.03. The summed E-state index contributed by atoms with van der Waals surface area (Å²) in [6.45, 7) is 2.01. The second-order valence-corrected chi connectivity index (χ2v) is 6.45. The van der Waals surface area contributed by atoms with Crippen LogP contribution in [0, 0.1) is 12.8 Å². The van der Waals surface area contributed by atoms with Crippen LogP contribution in [0.15, 0.2) is 54.6 Å². The lowest BCUT2D eigenvalue weighted by Gasteiger charge is -2.07. The van der Waals surface area contributed by atoms with Crippen molar-refractivity contribution in [3.8, 4) is 0 Å². The first-order valence-corrected chi connectivity index (χ1v) is 8.48. The Labute approximate surface area is 152 Å². The summed E-state index contributed by atoms with van der Waals surface area (Å²) in [5.41, 5.74) is 3.77. The van der Waals surface area contributed by atoms with E-state index in [2.05, 4.69) is 10.6 Å². The molecule has 132 valence electrons. The zero-order chi connectivity index (χ0) is 18.5. The molecule has 2 aromatic carbocycles. The molecule has 0 saturated carbocycles. The molecule has 0 aliphatic carbocycles. The van der Waals surface area contributed by atoms with E-state index in [-0.39, 0.29) is 30.1 Å². The van der Waals surface area contributed by atoms with Gasteiger partial charge in [0.2, 0.25) is 17.7 Å². The van der Waals surface area contributed by atoms with Crippen LogP contribution in [0.5, 0.6) is 0 Å². The molecule has 2 aromatic rings. The summed E-state index contributed by atoms with van der Waals surface area (Å²) in [5, 5.41) is 5.11. The van der Waals surface area contributed by atoms with E-state index in [1.54, 1.807) is 18.2 Å². The average Bonchev–Trinajstić information content (AvgIpc) is 2.93. The van der Waals surface area contributed by atoms with Crippen molar-refractivity contribution in [1.29, 1.82) is 0 Å². The first-order chi connectivity index (χ1) is 12.5. The normalized spacial score (nSPS) is 16.7. The molecule has 5 nitrogen and oxygen atoms in total. The Hall–Kier alpha value is -3.21. The molecule has 0 radical (unpaired) electrons. The fourth-order valence-corrected chi connectivity index (χ4v) is 2.81. The number of amides is 3. The van der Waals surface area contributed by atoms with Gasteiger partial charge in [-0.25, -0.2) is 0 Å². The molecule has 0 bridgehead atoms. The third-order valence-electron chi connectivity index (χ3n) is 4.27. The Kier molecular flexibility index (Phi) is 5.27. The molecule has 1 atom stereocenters. The number of aryl methyl sites for hydroxylation is 1.